The van der Waals surface area contributed by atoms with Crippen molar-refractivity contribution in [1.29, 1.82) is 5.26 Å². The maximum absolute atomic E-state index is 8.75. The summed E-state index contributed by atoms with van der Waals surface area (Å²) in [5.41, 5.74) is 2.89. The van der Waals surface area contributed by atoms with Crippen molar-refractivity contribution in [2.24, 2.45) is 0 Å². The zero-order chi connectivity index (χ0) is 72.0. The second-order valence-electron chi connectivity index (χ2n) is 31.4. The van der Waals surface area contributed by atoms with E-state index in [2.05, 4.69) is 244 Å². The van der Waals surface area contributed by atoms with Gasteiger partial charge in [-0.05, 0) is 226 Å². The average molecular weight is 1390 g/mol. The second-order valence-corrected chi connectivity index (χ2v) is 34.7. The number of rotatable bonds is 6. The molecule has 0 bridgehead atoms. The van der Waals surface area contributed by atoms with Crippen molar-refractivity contribution in [3.63, 3.8) is 0 Å². The summed E-state index contributed by atoms with van der Waals surface area (Å²) in [5, 5.41) is 16.5. The van der Waals surface area contributed by atoms with Gasteiger partial charge < -0.3 is 51.3 Å². The van der Waals surface area contributed by atoms with Gasteiger partial charge in [0.05, 0.1) is 74.8 Å². The van der Waals surface area contributed by atoms with Crippen LogP contribution in [0.5, 0.6) is 5.75 Å². The van der Waals surface area contributed by atoms with Gasteiger partial charge in [0.25, 0.3) is 0 Å². The van der Waals surface area contributed by atoms with Crippen molar-refractivity contribution >= 4 is 157 Å². The van der Waals surface area contributed by atoms with Gasteiger partial charge in [0.1, 0.15) is 5.75 Å². The molecule has 0 unspecified atom stereocenters. The largest absolute Gasteiger partial charge is 0.497 e. The van der Waals surface area contributed by atoms with E-state index in [0.717, 1.165) is 33.1 Å². The minimum atomic E-state index is -0.354. The number of hydrogen-bond donors (Lipinski definition) is 0. The molecule has 5 aliphatic heterocycles. The summed E-state index contributed by atoms with van der Waals surface area (Å²) in [6.07, 6.45) is 0. The molecule has 20 heteroatoms. The molecule has 5 saturated heterocycles. The normalized spacial score (nSPS) is 20.5. The lowest BCUT2D eigenvalue weighted by Crippen LogP contribution is -2.41. The summed E-state index contributed by atoms with van der Waals surface area (Å²) in [6.45, 7) is 41.4. The van der Waals surface area contributed by atoms with Crippen LogP contribution in [0.1, 0.15) is 144 Å². The van der Waals surface area contributed by atoms with Crippen LogP contribution in [0.2, 0.25) is 0 Å². The molecule has 0 spiro atoms. The Bertz CT molecular complexity index is 4750. The zero-order valence-electron chi connectivity index (χ0n) is 61.8. The van der Waals surface area contributed by atoms with E-state index < -0.39 is 0 Å². The lowest BCUT2D eigenvalue weighted by molar-refractivity contribution is 0.00578. The lowest BCUT2D eigenvalue weighted by atomic mass is 9.76. The van der Waals surface area contributed by atoms with E-state index in [1.54, 1.807) is 19.2 Å². The second kappa shape index (κ2) is 27.0. The van der Waals surface area contributed by atoms with Gasteiger partial charge in [0.2, 0.25) is 0 Å². The number of hydrogen-bond acceptors (Lipinski definition) is 15. The van der Waals surface area contributed by atoms with Crippen molar-refractivity contribution in [2.75, 3.05) is 7.11 Å². The number of nitrogens with zero attached hydrogens (tertiary/aromatic N) is 1. The van der Waals surface area contributed by atoms with Gasteiger partial charge in [-0.3, -0.25) is 0 Å². The first-order chi connectivity index (χ1) is 46.9. The van der Waals surface area contributed by atoms with Crippen molar-refractivity contribution < 1.29 is 51.3 Å². The Morgan fingerprint density at radius 1 is 0.300 bits per heavy atom. The number of methoxy groups -OCH3 is 1. The number of thiophene rings is 3. The van der Waals surface area contributed by atoms with E-state index in [4.69, 9.17) is 56.5 Å². The average Bonchev–Trinajstić information content (AvgIpc) is 1.61. The van der Waals surface area contributed by atoms with Crippen LogP contribution < -0.4 is 32.1 Å². The molecule has 16 rings (SSSR count). The summed E-state index contributed by atoms with van der Waals surface area (Å²) < 4.78 is 74.0. The van der Waals surface area contributed by atoms with Crippen LogP contribution in [0, 0.1) is 11.3 Å². The van der Waals surface area contributed by atoms with Crippen molar-refractivity contribution in [2.45, 2.75) is 194 Å². The summed E-state index contributed by atoms with van der Waals surface area (Å²) >= 11 is 5.46. The Morgan fingerprint density at radius 3 is 1.08 bits per heavy atom. The molecule has 5 aliphatic rings. The molecule has 8 aromatic carbocycles. The van der Waals surface area contributed by atoms with Gasteiger partial charge >= 0.3 is 35.6 Å². The summed E-state index contributed by atoms with van der Waals surface area (Å²) in [6, 6.07) is 62.1. The third-order valence-electron chi connectivity index (χ3n) is 22.0. The molecule has 0 aliphatic carbocycles. The fourth-order valence-corrected chi connectivity index (χ4v) is 15.7. The minimum Gasteiger partial charge on any atom is -0.497 e. The smallest absolute Gasteiger partial charge is 0.496 e. The SMILES string of the molecule is CC1(C)OB(c2ccc(C#N)cc2)OC1(C)C.CC1(C)OB(c2ccc3c(c2)sc2ccccc23)OC1(C)C.CC1(C)OB(c2cccc3c2sc2ccccc23)OC1(C)C.CC1(C)OB(c2cccc3sc4ccccc4c23)OC1(C)C.COc1ccc(B2OC(C)(C)C(C)(C)O2)cc1. The van der Waals surface area contributed by atoms with Gasteiger partial charge in [-0.15, -0.1) is 34.0 Å². The third kappa shape index (κ3) is 14.2. The number of benzene rings is 8. The predicted octanol–water partition coefficient (Wildman–Crippen LogP) is 16.9. The highest BCUT2D eigenvalue weighted by Crippen LogP contribution is 2.44. The number of fused-ring (bicyclic) bond motifs is 9. The Morgan fingerprint density at radius 2 is 0.620 bits per heavy atom. The molecule has 0 N–H and O–H groups in total. The first-order valence-electron chi connectivity index (χ1n) is 34.5. The summed E-state index contributed by atoms with van der Waals surface area (Å²) in [7, 11) is 0.0933. The maximum atomic E-state index is 8.75. The number of ether oxygens (including phenoxy) is 1. The van der Waals surface area contributed by atoms with E-state index in [-0.39, 0.29) is 91.6 Å². The molecule has 5 fully saturated rings. The van der Waals surface area contributed by atoms with Crippen LogP contribution in [0.3, 0.4) is 0 Å². The van der Waals surface area contributed by atoms with Gasteiger partial charge in [-0.25, -0.2) is 0 Å². The van der Waals surface area contributed by atoms with Crippen LogP contribution in [0.25, 0.3) is 60.5 Å². The van der Waals surface area contributed by atoms with Crippen LogP contribution in [-0.2, 0) is 46.5 Å². The highest BCUT2D eigenvalue weighted by atomic mass is 32.1. The Kier molecular flexibility index (Phi) is 19.8. The summed E-state index contributed by atoms with van der Waals surface area (Å²) in [4.78, 5) is 0. The fourth-order valence-electron chi connectivity index (χ4n) is 12.2. The maximum Gasteiger partial charge on any atom is 0.496 e. The first kappa shape index (κ1) is 73.4. The molecule has 12 nitrogen and oxygen atoms in total. The highest BCUT2D eigenvalue weighted by molar-refractivity contribution is 7.27. The Hall–Kier alpha value is -6.37. The zero-order valence-corrected chi connectivity index (χ0v) is 64.2. The van der Waals surface area contributed by atoms with E-state index >= 15 is 0 Å². The molecule has 516 valence electrons. The van der Waals surface area contributed by atoms with E-state index in [1.165, 1.54) is 60.5 Å². The van der Waals surface area contributed by atoms with Crippen molar-refractivity contribution in [3.05, 3.63) is 181 Å². The number of nitriles is 1. The molecular formula is C80H92B5NO11S3. The van der Waals surface area contributed by atoms with Crippen molar-refractivity contribution in [3.8, 4) is 11.8 Å². The molecule has 0 radical (unpaired) electrons. The van der Waals surface area contributed by atoms with Crippen LogP contribution in [0.4, 0.5) is 0 Å². The molecule has 3 aromatic heterocycles. The molecule has 100 heavy (non-hydrogen) atoms. The van der Waals surface area contributed by atoms with E-state index in [9.17, 15) is 0 Å². The van der Waals surface area contributed by atoms with E-state index in [1.807, 2.05) is 98.1 Å². The summed E-state index contributed by atoms with van der Waals surface area (Å²) in [5.74, 6) is 0.838. The predicted molar refractivity (Wildman–Crippen MR) is 421 cm³/mol. The van der Waals surface area contributed by atoms with Gasteiger partial charge in [0, 0.05) is 55.2 Å². The first-order valence-corrected chi connectivity index (χ1v) is 37.0. The molecule has 0 atom stereocenters. The van der Waals surface area contributed by atoms with Crippen LogP contribution in [-0.4, -0.2) is 98.7 Å². The molecular weight excluding hydrogens is 1300 g/mol. The van der Waals surface area contributed by atoms with Gasteiger partial charge in [0.15, 0.2) is 0 Å². The third-order valence-corrected chi connectivity index (χ3v) is 25.5. The quantitative estimate of drug-likeness (QED) is 0.147. The highest BCUT2D eigenvalue weighted by Gasteiger charge is 2.56. The van der Waals surface area contributed by atoms with Crippen LogP contribution >= 0.6 is 34.0 Å². The molecule has 11 aromatic rings. The molecule has 0 saturated carbocycles. The Balaban J connectivity index is 0.000000119. The minimum absolute atomic E-state index is 0.292. The topological polar surface area (TPSA) is 125 Å². The monoisotopic (exact) mass is 1390 g/mol. The molecule has 8 heterocycles. The Labute approximate surface area is 604 Å². The fraction of sp³-hybridized carbons (Fsp3) is 0.388. The molecule has 0 amide bonds. The standard InChI is InChI=1S/3C18H19BO2S.C13H16BNO2.C13H19BO3/c1-17(2)18(3,4)21-19(20-17)14-10-7-9-13-12-8-5-6-11-15(12)22-16(13)14;1-17(2)18(3,4)21-19(20-17)13-9-7-11-15-16(13)12-8-5-6-10-14(12)22-15;1-17(2)18(3,4)21-19(20-17)12-9-10-14-13-7-5-6-8-15(13)22-16(14)11-12;1-12(2)13(3,4)17-14(16-12)11-7-5-10(9-15)6-8-11;1-12(2)13(3,4)17-14(16-12)10-6-8-11(15-5)9-7-10/h3*5-11H,1-4H3;5-8H,1-4H3;6-9H,1-5H3. The van der Waals surface area contributed by atoms with E-state index in [0.29, 0.717) is 5.56 Å². The van der Waals surface area contributed by atoms with Gasteiger partial charge in [-0.1, -0.05) is 121 Å². The lowest BCUT2D eigenvalue weighted by Gasteiger charge is -2.32. The van der Waals surface area contributed by atoms with Crippen LogP contribution in [0.15, 0.2) is 176 Å². The van der Waals surface area contributed by atoms with Gasteiger partial charge in [-0.2, -0.15) is 5.26 Å². The van der Waals surface area contributed by atoms with Crippen molar-refractivity contribution in [1.82, 2.24) is 0 Å².